The van der Waals surface area contributed by atoms with Gasteiger partial charge in [0, 0.05) is 28.3 Å². The Morgan fingerprint density at radius 1 is 1.16 bits per heavy atom. The Bertz CT molecular complexity index is 594. The van der Waals surface area contributed by atoms with Gasteiger partial charge in [-0.2, -0.15) is 0 Å². The van der Waals surface area contributed by atoms with Crippen LogP contribution in [0.4, 0.5) is 13.2 Å². The number of alkyl halides is 1. The number of benzene rings is 1. The van der Waals surface area contributed by atoms with Gasteiger partial charge in [0.15, 0.2) is 23.3 Å². The van der Waals surface area contributed by atoms with E-state index in [1.54, 1.807) is 6.20 Å². The zero-order chi connectivity index (χ0) is 14.0. The van der Waals surface area contributed by atoms with E-state index in [4.69, 9.17) is 0 Å². The molecule has 0 aliphatic rings. The smallest absolute Gasteiger partial charge is 0.194 e. The average Bonchev–Trinajstić information content (AvgIpc) is 2.43. The zero-order valence-electron chi connectivity index (χ0n) is 10.1. The first-order chi connectivity index (χ1) is 9.06. The molecule has 0 saturated carbocycles. The predicted molar refractivity (Wildman–Crippen MR) is 69.4 cm³/mol. The van der Waals surface area contributed by atoms with Crippen LogP contribution in [0.5, 0.6) is 0 Å². The van der Waals surface area contributed by atoms with E-state index < -0.39 is 17.5 Å². The Morgan fingerprint density at radius 2 is 1.79 bits per heavy atom. The summed E-state index contributed by atoms with van der Waals surface area (Å²) in [5, 5.41) is 0.600. The summed E-state index contributed by atoms with van der Waals surface area (Å²) in [5.74, 6) is -3.81. The molecule has 2 aromatic rings. The monoisotopic (exact) mass is 330 g/mol. The van der Waals surface area contributed by atoms with Gasteiger partial charge in [0.25, 0.3) is 0 Å². The molecule has 2 rings (SSSR count). The molecule has 0 aliphatic heterocycles. The van der Waals surface area contributed by atoms with Crippen molar-refractivity contribution < 1.29 is 13.2 Å². The molecule has 19 heavy (non-hydrogen) atoms. The summed E-state index contributed by atoms with van der Waals surface area (Å²) in [7, 11) is 0. The first-order valence-corrected chi connectivity index (χ1v) is 6.74. The summed E-state index contributed by atoms with van der Waals surface area (Å²) < 4.78 is 39.2. The van der Waals surface area contributed by atoms with Crippen LogP contribution in [0.15, 0.2) is 18.3 Å². The molecule has 0 unspecified atom stereocenters. The largest absolute Gasteiger partial charge is 0.236 e. The van der Waals surface area contributed by atoms with Gasteiger partial charge >= 0.3 is 0 Å². The normalized spacial score (nSPS) is 10.8. The van der Waals surface area contributed by atoms with Crippen molar-refractivity contribution in [2.75, 3.05) is 0 Å². The highest BCUT2D eigenvalue weighted by atomic mass is 79.9. The number of aryl methyl sites for hydroxylation is 1. The second kappa shape index (κ2) is 5.69. The minimum absolute atomic E-state index is 0.118. The third kappa shape index (κ3) is 2.78. The van der Waals surface area contributed by atoms with Crippen molar-refractivity contribution in [3.05, 3.63) is 47.0 Å². The SMILES string of the molecule is CCc1nc(-c2cc(F)c(F)c(F)c2)ncc1CBr. The molecule has 0 atom stereocenters. The summed E-state index contributed by atoms with van der Waals surface area (Å²) in [5.41, 5.74) is 1.81. The van der Waals surface area contributed by atoms with Gasteiger partial charge in [-0.05, 0) is 18.6 Å². The summed E-state index contributed by atoms with van der Waals surface area (Å²) >= 11 is 3.31. The van der Waals surface area contributed by atoms with Gasteiger partial charge in [0.1, 0.15) is 0 Å². The van der Waals surface area contributed by atoms with E-state index in [2.05, 4.69) is 25.9 Å². The van der Waals surface area contributed by atoms with Crippen LogP contribution < -0.4 is 0 Å². The van der Waals surface area contributed by atoms with Gasteiger partial charge in [-0.3, -0.25) is 0 Å². The van der Waals surface area contributed by atoms with Crippen molar-refractivity contribution in [3.8, 4) is 11.4 Å². The highest BCUT2D eigenvalue weighted by Crippen LogP contribution is 2.22. The van der Waals surface area contributed by atoms with Crippen molar-refractivity contribution in [1.29, 1.82) is 0 Å². The van der Waals surface area contributed by atoms with E-state index in [1.165, 1.54) is 0 Å². The number of hydrogen-bond donors (Lipinski definition) is 0. The molecule has 0 amide bonds. The molecular formula is C13H10BrF3N2. The van der Waals surface area contributed by atoms with E-state index in [-0.39, 0.29) is 11.4 Å². The minimum atomic E-state index is -1.49. The van der Waals surface area contributed by atoms with Crippen LogP contribution in [0.2, 0.25) is 0 Å². The standard InChI is InChI=1S/C13H10BrF3N2/c1-2-11-8(5-14)6-18-13(19-11)7-3-9(15)12(17)10(16)4-7/h3-4,6H,2,5H2,1H3. The van der Waals surface area contributed by atoms with Gasteiger partial charge in [-0.25, -0.2) is 23.1 Å². The Morgan fingerprint density at radius 3 is 2.32 bits per heavy atom. The van der Waals surface area contributed by atoms with E-state index in [0.29, 0.717) is 11.8 Å². The summed E-state index contributed by atoms with van der Waals surface area (Å²) in [6.07, 6.45) is 2.26. The van der Waals surface area contributed by atoms with Gasteiger partial charge in [-0.15, -0.1) is 0 Å². The van der Waals surface area contributed by atoms with Crippen LogP contribution in [0.25, 0.3) is 11.4 Å². The molecule has 1 aromatic heterocycles. The van der Waals surface area contributed by atoms with Crippen LogP contribution in [0, 0.1) is 17.5 Å². The summed E-state index contributed by atoms with van der Waals surface area (Å²) in [6.45, 7) is 1.92. The number of hydrogen-bond acceptors (Lipinski definition) is 2. The van der Waals surface area contributed by atoms with Crippen molar-refractivity contribution >= 4 is 15.9 Å². The molecule has 1 aromatic carbocycles. The summed E-state index contributed by atoms with van der Waals surface area (Å²) in [4.78, 5) is 8.29. The molecule has 6 heteroatoms. The summed E-state index contributed by atoms with van der Waals surface area (Å²) in [6, 6.07) is 1.78. The molecule has 0 aliphatic carbocycles. The highest BCUT2D eigenvalue weighted by Gasteiger charge is 2.14. The quantitative estimate of drug-likeness (QED) is 0.627. The maximum Gasteiger partial charge on any atom is 0.194 e. The zero-order valence-corrected chi connectivity index (χ0v) is 11.6. The predicted octanol–water partition coefficient (Wildman–Crippen LogP) is 4.02. The van der Waals surface area contributed by atoms with Crippen LogP contribution >= 0.6 is 15.9 Å². The average molecular weight is 331 g/mol. The van der Waals surface area contributed by atoms with Crippen LogP contribution in [-0.2, 0) is 11.8 Å². The number of aromatic nitrogens is 2. The molecule has 0 radical (unpaired) electrons. The first kappa shape index (κ1) is 14.0. The van der Waals surface area contributed by atoms with Crippen molar-refractivity contribution in [3.63, 3.8) is 0 Å². The Hall–Kier alpha value is -1.43. The van der Waals surface area contributed by atoms with Crippen LogP contribution in [0.3, 0.4) is 0 Å². The molecule has 2 nitrogen and oxygen atoms in total. The second-order valence-electron chi connectivity index (χ2n) is 3.91. The number of halogens is 4. The van der Waals surface area contributed by atoms with Gasteiger partial charge < -0.3 is 0 Å². The molecule has 0 N–H and O–H groups in total. The lowest BCUT2D eigenvalue weighted by Gasteiger charge is -2.07. The van der Waals surface area contributed by atoms with E-state index in [0.717, 1.165) is 23.4 Å². The van der Waals surface area contributed by atoms with Crippen molar-refractivity contribution in [1.82, 2.24) is 9.97 Å². The Labute approximate surface area is 116 Å². The lowest BCUT2D eigenvalue weighted by atomic mass is 10.1. The third-order valence-electron chi connectivity index (χ3n) is 2.68. The Kier molecular flexibility index (Phi) is 4.19. The van der Waals surface area contributed by atoms with Gasteiger partial charge in [0.2, 0.25) is 0 Å². The number of rotatable bonds is 3. The Balaban J connectivity index is 2.53. The molecule has 100 valence electrons. The molecule has 0 saturated heterocycles. The number of nitrogens with zero attached hydrogens (tertiary/aromatic N) is 2. The highest BCUT2D eigenvalue weighted by molar-refractivity contribution is 9.08. The topological polar surface area (TPSA) is 25.8 Å². The third-order valence-corrected chi connectivity index (χ3v) is 3.28. The lowest BCUT2D eigenvalue weighted by Crippen LogP contribution is -2.01. The minimum Gasteiger partial charge on any atom is -0.236 e. The molecule has 0 bridgehead atoms. The fourth-order valence-corrected chi connectivity index (χ4v) is 2.15. The fraction of sp³-hybridized carbons (Fsp3) is 0.231. The maximum absolute atomic E-state index is 13.2. The van der Waals surface area contributed by atoms with Crippen LogP contribution in [0.1, 0.15) is 18.2 Å². The first-order valence-electron chi connectivity index (χ1n) is 5.62. The van der Waals surface area contributed by atoms with E-state index >= 15 is 0 Å². The molecule has 1 heterocycles. The molecule has 0 fully saturated rings. The lowest BCUT2D eigenvalue weighted by molar-refractivity contribution is 0.447. The van der Waals surface area contributed by atoms with Gasteiger partial charge in [0.05, 0.1) is 0 Å². The molecule has 0 spiro atoms. The maximum atomic E-state index is 13.2. The van der Waals surface area contributed by atoms with Crippen LogP contribution in [-0.4, -0.2) is 9.97 Å². The van der Waals surface area contributed by atoms with E-state index in [9.17, 15) is 13.2 Å². The van der Waals surface area contributed by atoms with Gasteiger partial charge in [-0.1, -0.05) is 22.9 Å². The van der Waals surface area contributed by atoms with Crippen molar-refractivity contribution in [2.45, 2.75) is 18.7 Å². The molecular weight excluding hydrogens is 321 g/mol. The van der Waals surface area contributed by atoms with E-state index in [1.807, 2.05) is 6.92 Å². The van der Waals surface area contributed by atoms with Crippen molar-refractivity contribution in [2.24, 2.45) is 0 Å². The fourth-order valence-electron chi connectivity index (χ4n) is 1.68. The second-order valence-corrected chi connectivity index (χ2v) is 4.47.